The average molecular weight is 448 g/mol. The summed E-state index contributed by atoms with van der Waals surface area (Å²) in [5.41, 5.74) is 1.71. The highest BCUT2D eigenvalue weighted by Crippen LogP contribution is 2.32. The third-order valence-corrected chi connectivity index (χ3v) is 5.52. The van der Waals surface area contributed by atoms with Crippen LogP contribution < -0.4 is 15.0 Å². The van der Waals surface area contributed by atoms with Gasteiger partial charge in [0.1, 0.15) is 11.4 Å². The van der Waals surface area contributed by atoms with Gasteiger partial charge in [0.15, 0.2) is 0 Å². The van der Waals surface area contributed by atoms with Crippen molar-refractivity contribution in [1.82, 2.24) is 5.32 Å². The third kappa shape index (κ3) is 4.27. The van der Waals surface area contributed by atoms with E-state index in [1.54, 1.807) is 19.2 Å². The van der Waals surface area contributed by atoms with Gasteiger partial charge in [-0.2, -0.15) is 0 Å². The van der Waals surface area contributed by atoms with Crippen molar-refractivity contribution in [3.8, 4) is 5.75 Å². The van der Waals surface area contributed by atoms with E-state index in [-0.39, 0.29) is 23.2 Å². The fraction of sp³-hybridized carbons (Fsp3) is 0.350. The number of amides is 1. The van der Waals surface area contributed by atoms with Gasteiger partial charge in [-0.1, -0.05) is 6.07 Å². The molecule has 2 aromatic rings. The largest absolute Gasteiger partial charge is 0.496 e. The molecule has 3 rings (SSSR count). The fourth-order valence-corrected chi connectivity index (χ4v) is 3.91. The second-order valence-electron chi connectivity index (χ2n) is 6.74. The highest BCUT2D eigenvalue weighted by atomic mass is 79.9. The molecule has 0 spiro atoms. The van der Waals surface area contributed by atoms with Crippen molar-refractivity contribution in [2.75, 3.05) is 25.1 Å². The molecule has 0 aliphatic carbocycles. The molecule has 1 aliphatic rings. The Morgan fingerprint density at radius 3 is 2.57 bits per heavy atom. The van der Waals surface area contributed by atoms with Gasteiger partial charge in [0.2, 0.25) is 0 Å². The van der Waals surface area contributed by atoms with Crippen molar-refractivity contribution in [3.63, 3.8) is 0 Å². The van der Waals surface area contributed by atoms with E-state index < -0.39 is 4.92 Å². The Morgan fingerprint density at radius 1 is 1.25 bits per heavy atom. The number of nitro groups is 1. The number of hydrogen-bond acceptors (Lipinski definition) is 5. The Balaban J connectivity index is 1.79. The number of nitro benzene ring substituents is 1. The number of anilines is 1. The number of nitrogens with zero attached hydrogens (tertiary/aromatic N) is 2. The number of carbonyl (C=O) groups is 1. The van der Waals surface area contributed by atoms with Gasteiger partial charge in [-0.05, 0) is 65.5 Å². The summed E-state index contributed by atoms with van der Waals surface area (Å²) in [4.78, 5) is 25.8. The molecule has 0 saturated carbocycles. The Hall–Kier alpha value is -2.61. The number of methoxy groups -OCH3 is 1. The summed E-state index contributed by atoms with van der Waals surface area (Å²) in [6, 6.07) is 9.97. The van der Waals surface area contributed by atoms with Crippen LogP contribution in [0.1, 0.15) is 41.7 Å². The van der Waals surface area contributed by atoms with E-state index in [4.69, 9.17) is 4.74 Å². The summed E-state index contributed by atoms with van der Waals surface area (Å²) in [5.74, 6) is 0.353. The monoisotopic (exact) mass is 447 g/mol. The van der Waals surface area contributed by atoms with E-state index in [1.807, 2.05) is 30.0 Å². The quantitative estimate of drug-likeness (QED) is 0.521. The highest BCUT2D eigenvalue weighted by Gasteiger charge is 2.24. The zero-order valence-corrected chi connectivity index (χ0v) is 17.4. The molecule has 1 unspecified atom stereocenters. The highest BCUT2D eigenvalue weighted by molar-refractivity contribution is 9.10. The molecule has 0 aromatic heterocycles. The lowest BCUT2D eigenvalue weighted by Crippen LogP contribution is -2.27. The number of halogens is 1. The van der Waals surface area contributed by atoms with Gasteiger partial charge in [-0.3, -0.25) is 14.9 Å². The number of ether oxygens (including phenoxy) is 1. The summed E-state index contributed by atoms with van der Waals surface area (Å²) < 4.78 is 6.01. The fourth-order valence-electron chi connectivity index (χ4n) is 3.35. The van der Waals surface area contributed by atoms with Crippen LogP contribution in [0.5, 0.6) is 5.75 Å². The Morgan fingerprint density at radius 2 is 1.96 bits per heavy atom. The maximum atomic E-state index is 12.7. The predicted molar refractivity (Wildman–Crippen MR) is 111 cm³/mol. The van der Waals surface area contributed by atoms with Crippen molar-refractivity contribution in [1.29, 1.82) is 0 Å². The Bertz CT molecular complexity index is 897. The second-order valence-corrected chi connectivity index (χ2v) is 7.60. The first-order chi connectivity index (χ1) is 13.4. The van der Waals surface area contributed by atoms with Gasteiger partial charge in [0, 0.05) is 24.7 Å². The zero-order valence-electron chi connectivity index (χ0n) is 15.8. The average Bonchev–Trinajstić information content (AvgIpc) is 3.21. The molecule has 1 aliphatic heterocycles. The van der Waals surface area contributed by atoms with Gasteiger partial charge in [0.05, 0.1) is 22.5 Å². The molecule has 28 heavy (non-hydrogen) atoms. The summed E-state index contributed by atoms with van der Waals surface area (Å²) in [5, 5.41) is 14.4. The molecular weight excluding hydrogens is 426 g/mol. The van der Waals surface area contributed by atoms with Crippen LogP contribution in [0.2, 0.25) is 0 Å². The molecule has 0 bridgehead atoms. The van der Waals surface area contributed by atoms with Crippen molar-refractivity contribution < 1.29 is 14.5 Å². The summed E-state index contributed by atoms with van der Waals surface area (Å²) >= 11 is 3.44. The molecule has 1 heterocycles. The van der Waals surface area contributed by atoms with E-state index in [0.717, 1.165) is 36.0 Å². The minimum atomic E-state index is -0.422. The summed E-state index contributed by atoms with van der Waals surface area (Å²) in [7, 11) is 1.59. The van der Waals surface area contributed by atoms with E-state index >= 15 is 0 Å². The number of carbonyl (C=O) groups excluding carboxylic acids is 1. The molecule has 7 nitrogen and oxygen atoms in total. The first kappa shape index (κ1) is 20.1. The second kappa shape index (κ2) is 8.60. The van der Waals surface area contributed by atoms with E-state index in [0.29, 0.717) is 11.4 Å². The van der Waals surface area contributed by atoms with Crippen molar-refractivity contribution >= 4 is 33.2 Å². The lowest BCUT2D eigenvalue weighted by molar-refractivity contribution is -0.384. The lowest BCUT2D eigenvalue weighted by atomic mass is 10.1. The first-order valence-electron chi connectivity index (χ1n) is 9.08. The lowest BCUT2D eigenvalue weighted by Gasteiger charge is -2.19. The molecule has 0 radical (unpaired) electrons. The topological polar surface area (TPSA) is 84.7 Å². The van der Waals surface area contributed by atoms with Crippen LogP contribution in [0.3, 0.4) is 0 Å². The Labute approximate surface area is 172 Å². The van der Waals surface area contributed by atoms with Crippen LogP contribution in [0.25, 0.3) is 0 Å². The smallest absolute Gasteiger partial charge is 0.293 e. The number of benzene rings is 2. The van der Waals surface area contributed by atoms with Gasteiger partial charge >= 0.3 is 0 Å². The van der Waals surface area contributed by atoms with Gasteiger partial charge in [0.25, 0.3) is 11.6 Å². The minimum absolute atomic E-state index is 0.0330. The standard InChI is InChI=1S/C20H22BrN3O4/c1-13(14-6-8-19(28-2)16(21)11-14)22-20(25)15-5-7-17(18(12-15)24(26)27)23-9-3-4-10-23/h5-8,11-13H,3-4,9-10H2,1-2H3,(H,22,25). The van der Waals surface area contributed by atoms with Crippen LogP contribution >= 0.6 is 15.9 Å². The molecule has 1 atom stereocenters. The summed E-state index contributed by atoms with van der Waals surface area (Å²) in [6.07, 6.45) is 2.04. The first-order valence-corrected chi connectivity index (χ1v) is 9.87. The molecule has 1 N–H and O–H groups in total. The maximum Gasteiger partial charge on any atom is 0.293 e. The van der Waals surface area contributed by atoms with Crippen LogP contribution in [-0.2, 0) is 0 Å². The van der Waals surface area contributed by atoms with Crippen LogP contribution in [-0.4, -0.2) is 31.0 Å². The number of nitrogens with one attached hydrogen (secondary N) is 1. The van der Waals surface area contributed by atoms with Crippen molar-refractivity contribution in [2.45, 2.75) is 25.8 Å². The molecule has 1 saturated heterocycles. The van der Waals surface area contributed by atoms with Crippen LogP contribution in [0.4, 0.5) is 11.4 Å². The van der Waals surface area contributed by atoms with Gasteiger partial charge in [-0.15, -0.1) is 0 Å². The van der Waals surface area contributed by atoms with Crippen LogP contribution in [0, 0.1) is 10.1 Å². The van der Waals surface area contributed by atoms with Crippen molar-refractivity contribution in [2.24, 2.45) is 0 Å². The van der Waals surface area contributed by atoms with Gasteiger partial charge < -0.3 is 15.0 Å². The van der Waals surface area contributed by atoms with E-state index in [1.165, 1.54) is 6.07 Å². The normalized spacial score (nSPS) is 14.6. The third-order valence-electron chi connectivity index (χ3n) is 4.90. The van der Waals surface area contributed by atoms with Gasteiger partial charge in [-0.25, -0.2) is 0 Å². The van der Waals surface area contributed by atoms with Crippen LogP contribution in [0.15, 0.2) is 40.9 Å². The van der Waals surface area contributed by atoms with E-state index in [2.05, 4.69) is 21.2 Å². The molecular formula is C20H22BrN3O4. The number of rotatable bonds is 6. The number of hydrogen-bond donors (Lipinski definition) is 1. The Kier molecular flexibility index (Phi) is 6.18. The summed E-state index contributed by atoms with van der Waals surface area (Å²) in [6.45, 7) is 3.46. The molecule has 8 heteroatoms. The minimum Gasteiger partial charge on any atom is -0.496 e. The predicted octanol–water partition coefficient (Wildman–Crippen LogP) is 4.46. The van der Waals surface area contributed by atoms with E-state index in [9.17, 15) is 14.9 Å². The molecule has 1 fully saturated rings. The molecule has 1 amide bonds. The maximum absolute atomic E-state index is 12.7. The molecule has 2 aromatic carbocycles. The van der Waals surface area contributed by atoms with Crippen molar-refractivity contribution in [3.05, 3.63) is 62.1 Å². The SMILES string of the molecule is COc1ccc(C(C)NC(=O)c2ccc(N3CCCC3)c([N+](=O)[O-])c2)cc1Br. The zero-order chi connectivity index (χ0) is 20.3. The molecule has 148 valence electrons.